The number of hydrogen-bond acceptors (Lipinski definition) is 21. The summed E-state index contributed by atoms with van der Waals surface area (Å²) in [6, 6.07) is 5.97. The van der Waals surface area contributed by atoms with Crippen LogP contribution in [0, 0.1) is 0 Å². The number of aromatic amines is 5. The average Bonchev–Trinajstić information content (AvgIpc) is 3.26. The first-order valence-electron chi connectivity index (χ1n) is 19.5. The first-order valence-corrected chi connectivity index (χ1v) is 28.2. The van der Waals surface area contributed by atoms with E-state index in [9.17, 15) is 103 Å². The molecule has 0 saturated carbocycles. The maximum Gasteiger partial charge on any atom is 0.329 e. The lowest BCUT2D eigenvalue weighted by Crippen LogP contribution is -2.38. The van der Waals surface area contributed by atoms with Crippen molar-refractivity contribution >= 4 is 108 Å². The largest absolute Gasteiger partial charge is 0.481 e. The van der Waals surface area contributed by atoms with Gasteiger partial charge in [-0.15, -0.1) is 0 Å². The number of aromatic nitrogens is 6. The fourth-order valence-corrected chi connectivity index (χ4v) is 9.76. The van der Waals surface area contributed by atoms with E-state index in [0.29, 0.717) is 42.5 Å². The quantitative estimate of drug-likeness (QED) is 0.0401. The van der Waals surface area contributed by atoms with Gasteiger partial charge >= 0.3 is 11.9 Å². The predicted octanol–water partition coefficient (Wildman–Crippen LogP) is -1.16. The Hall–Kier alpha value is -8.16. The summed E-state index contributed by atoms with van der Waals surface area (Å²) in [6.45, 7) is 0. The molecule has 2 heterocycles. The molecule has 14 N–H and O–H groups in total. The van der Waals surface area contributed by atoms with Gasteiger partial charge < -0.3 is 15.3 Å². The number of aromatic hydroxyl groups is 1. The third-order valence-electron chi connectivity index (χ3n) is 9.27. The van der Waals surface area contributed by atoms with Crippen molar-refractivity contribution in [3.8, 4) is 6.01 Å². The number of benzene rings is 4. The number of nitrogens with one attached hydrogen (secondary N) is 5. The highest BCUT2D eigenvalue weighted by molar-refractivity contribution is 7.87. The molecule has 0 spiro atoms. The highest BCUT2D eigenvalue weighted by Gasteiger charge is 2.23. The molecular formula is C36H31N11O23S6. The van der Waals surface area contributed by atoms with E-state index in [1.54, 1.807) is 0 Å². The number of aliphatic carboxylic acids is 2. The van der Waals surface area contributed by atoms with Crippen molar-refractivity contribution in [3.05, 3.63) is 112 Å². The molecule has 76 heavy (non-hydrogen) atoms. The summed E-state index contributed by atoms with van der Waals surface area (Å²) < 4.78 is 205. The molecular weight excluding hydrogens is 1150 g/mol. The Balaban J connectivity index is 1.47. The first-order chi connectivity index (χ1) is 34.9. The monoisotopic (exact) mass is 1180 g/mol. The van der Waals surface area contributed by atoms with Crippen molar-refractivity contribution in [2.24, 2.45) is 25.0 Å². The smallest absolute Gasteiger partial charge is 0.329 e. The molecule has 2 aromatic heterocycles. The zero-order valence-electron chi connectivity index (χ0n) is 36.7. The molecule has 0 bridgehead atoms. The van der Waals surface area contributed by atoms with Crippen molar-refractivity contribution in [1.82, 2.24) is 29.9 Å². The molecule has 0 radical (unpaired) electrons. The van der Waals surface area contributed by atoms with Gasteiger partial charge in [0.25, 0.3) is 66.7 Å². The number of carboxylic acid groups (broad SMARTS) is 2. The number of carbonyl (C=O) groups is 2. The number of H-pyrrole nitrogens is 5. The number of carboxylic acids is 2. The van der Waals surface area contributed by atoms with Crippen LogP contribution in [0.3, 0.4) is 0 Å². The molecule has 0 aliphatic rings. The Morgan fingerprint density at radius 1 is 0.487 bits per heavy atom. The summed E-state index contributed by atoms with van der Waals surface area (Å²) in [7, 11) is -30.7. The number of rotatable bonds is 16. The van der Waals surface area contributed by atoms with Crippen LogP contribution < -0.4 is 28.1 Å². The third kappa shape index (κ3) is 14.8. The normalized spacial score (nSPS) is 14.6. The Kier molecular flexibility index (Phi) is 16.0. The van der Waals surface area contributed by atoms with Crippen LogP contribution >= 0.6 is 0 Å². The van der Waals surface area contributed by atoms with Gasteiger partial charge in [-0.1, -0.05) is 24.3 Å². The van der Waals surface area contributed by atoms with Crippen LogP contribution in [0.2, 0.25) is 0 Å². The standard InChI is InChI=1S/C36H31N11O23S6/c48-29(49)15-24(30(50)51)41-34-43-31(42-33(45-34)39-22-13-20(71(53,54)55)7-9-25(22)73(59,60)61)37-18-5-3-16(27(11-18)75(65,66)67)1-2-17-4-6-19(12-28(17)76(68,69)70)38-32-44-35(47-36(52)46-32)40-23-14-21(72(56,57)58)8-10-26(23)74(62,63)64/h1-14,24H,15H2,(H,48,49)(H,50,51)(H,53,54,55)(H,56,57,58)(H,59,60,61)(H,62,63,64)(H,65,66,67)(H,68,69,70)(H3,37,39,41,42,43,45)(H3,38,40,44,46,47,52)/b2-1+/t24-/m0/s1. The molecule has 4 aromatic carbocycles. The van der Waals surface area contributed by atoms with Crippen LogP contribution in [0.4, 0.5) is 22.7 Å². The van der Waals surface area contributed by atoms with Crippen LogP contribution in [-0.2, 0) is 70.3 Å². The summed E-state index contributed by atoms with van der Waals surface area (Å²) in [5, 5.41) is 29.1. The maximum atomic E-state index is 12.7. The van der Waals surface area contributed by atoms with Gasteiger partial charge in [-0.3, -0.25) is 57.0 Å². The molecule has 0 aliphatic heterocycles. The van der Waals surface area contributed by atoms with E-state index in [1.807, 2.05) is 0 Å². The van der Waals surface area contributed by atoms with Gasteiger partial charge in [0.15, 0.2) is 6.04 Å². The van der Waals surface area contributed by atoms with Crippen LogP contribution in [0.5, 0.6) is 6.01 Å². The summed E-state index contributed by atoms with van der Waals surface area (Å²) in [6.07, 6.45) is 0.763. The van der Waals surface area contributed by atoms with E-state index < -0.39 is 171 Å². The van der Waals surface area contributed by atoms with E-state index >= 15 is 0 Å². The van der Waals surface area contributed by atoms with Crippen molar-refractivity contribution < 1.29 is 103 Å². The fourth-order valence-electron chi connectivity index (χ4n) is 6.13. The maximum absolute atomic E-state index is 12.7. The van der Waals surface area contributed by atoms with Crippen LogP contribution in [0.15, 0.2) is 127 Å². The highest BCUT2D eigenvalue weighted by Crippen LogP contribution is 2.30. The van der Waals surface area contributed by atoms with Gasteiger partial charge in [0.2, 0.25) is 28.1 Å². The molecule has 34 nitrogen and oxygen atoms in total. The lowest BCUT2D eigenvalue weighted by molar-refractivity contribution is -0.145. The summed E-state index contributed by atoms with van der Waals surface area (Å²) in [5.74, 6) is -3.41. The molecule has 40 heteroatoms. The van der Waals surface area contributed by atoms with Crippen molar-refractivity contribution in [2.45, 2.75) is 41.8 Å². The average molecular weight is 1180 g/mol. The summed E-state index contributed by atoms with van der Waals surface area (Å²) in [5.41, 5.74) is -6.50. The minimum atomic E-state index is -5.26. The second-order valence-electron chi connectivity index (χ2n) is 14.7. The summed E-state index contributed by atoms with van der Waals surface area (Å²) >= 11 is 0. The van der Waals surface area contributed by atoms with E-state index in [0.717, 1.165) is 42.5 Å². The molecule has 0 aliphatic carbocycles. The van der Waals surface area contributed by atoms with Crippen molar-refractivity contribution in [2.75, 3.05) is 0 Å². The Morgan fingerprint density at radius 3 is 1.30 bits per heavy atom. The molecule has 0 unspecified atom stereocenters. The molecule has 0 fully saturated rings. The van der Waals surface area contributed by atoms with Gasteiger partial charge in [-0.25, -0.2) is 29.8 Å². The van der Waals surface area contributed by atoms with Gasteiger partial charge in [-0.2, -0.15) is 55.5 Å². The van der Waals surface area contributed by atoms with Gasteiger partial charge in [0, 0.05) is 0 Å². The van der Waals surface area contributed by atoms with Crippen molar-refractivity contribution in [3.63, 3.8) is 0 Å². The predicted molar refractivity (Wildman–Crippen MR) is 248 cm³/mol. The Bertz CT molecular complexity index is 4540. The van der Waals surface area contributed by atoms with E-state index in [1.165, 1.54) is 0 Å². The van der Waals surface area contributed by atoms with Gasteiger partial charge in [0.05, 0.1) is 39.0 Å². The minimum Gasteiger partial charge on any atom is -0.481 e. The van der Waals surface area contributed by atoms with E-state index in [4.69, 9.17) is 0 Å². The minimum absolute atomic E-state index is 0.355. The zero-order valence-corrected chi connectivity index (χ0v) is 41.6. The topological polar surface area (TPSA) is 575 Å². The SMILES string of the molecule is O=C(O)C[C@H](N=c1[nH]c(=Nc2ccc(/C=C/c3ccc(N=c4nc(O)[nH]c(=Nc5cc(S(=O)(=O)O)ccc5S(=O)(=O)O)[nH]4)cc3S(=O)(=O)O)c(S(=O)(=O)O)c2)[nH]c(=Nc2cc(S(=O)(=O)O)ccc2S(=O)(=O)O)[nH]1)C(=O)O. The molecule has 0 saturated heterocycles. The Labute approximate surface area is 422 Å². The van der Waals surface area contributed by atoms with Crippen LogP contribution in [0.25, 0.3) is 12.2 Å². The van der Waals surface area contributed by atoms with E-state index in [-0.39, 0.29) is 11.3 Å². The summed E-state index contributed by atoms with van der Waals surface area (Å²) in [4.78, 5) is 52.3. The van der Waals surface area contributed by atoms with Crippen LogP contribution in [-0.4, -0.2) is 141 Å². The fraction of sp³-hybridized carbons (Fsp3) is 0.0556. The van der Waals surface area contributed by atoms with E-state index in [2.05, 4.69) is 54.9 Å². The lowest BCUT2D eigenvalue weighted by Gasteiger charge is -2.07. The lowest BCUT2D eigenvalue weighted by atomic mass is 10.1. The third-order valence-corrected chi connectivity index (χ3v) is 14.6. The second-order valence-corrected chi connectivity index (χ2v) is 23.1. The van der Waals surface area contributed by atoms with Crippen molar-refractivity contribution in [1.29, 1.82) is 0 Å². The molecule has 404 valence electrons. The van der Waals surface area contributed by atoms with Gasteiger partial charge in [-0.05, 0) is 71.8 Å². The Morgan fingerprint density at radius 2 is 0.895 bits per heavy atom. The zero-order chi connectivity index (χ0) is 56.5. The number of nitrogens with zero attached hydrogens (tertiary/aromatic N) is 6. The number of hydrogen-bond donors (Lipinski definition) is 14. The molecule has 0 amide bonds. The van der Waals surface area contributed by atoms with Crippen LogP contribution in [0.1, 0.15) is 17.5 Å². The van der Waals surface area contributed by atoms with Gasteiger partial charge in [0.1, 0.15) is 19.6 Å². The molecule has 1 atom stereocenters. The molecule has 6 aromatic rings. The second kappa shape index (κ2) is 21.2. The highest BCUT2D eigenvalue weighted by atomic mass is 32.2. The first kappa shape index (κ1) is 57.1. The molecule has 6 rings (SSSR count).